The lowest BCUT2D eigenvalue weighted by molar-refractivity contribution is -0.157. The Morgan fingerprint density at radius 3 is 1.93 bits per heavy atom. The van der Waals surface area contributed by atoms with Gasteiger partial charge < -0.3 is 10.1 Å². The molecule has 0 radical (unpaired) electrons. The highest BCUT2D eigenvalue weighted by atomic mass is 35.5. The van der Waals surface area contributed by atoms with E-state index in [0.717, 1.165) is 30.6 Å². The summed E-state index contributed by atoms with van der Waals surface area (Å²) in [4.78, 5) is 60.5. The Balaban J connectivity index is 2.13. The number of nitrogens with zero attached hydrogens (tertiary/aromatic N) is 2. The molecule has 1 aliphatic heterocycles. The van der Waals surface area contributed by atoms with Crippen molar-refractivity contribution >= 4 is 50.9 Å². The van der Waals surface area contributed by atoms with Gasteiger partial charge in [-0.3, -0.25) is 19.3 Å². The molecule has 4 unspecified atom stereocenters. The van der Waals surface area contributed by atoms with Crippen LogP contribution in [0.3, 0.4) is 0 Å². The van der Waals surface area contributed by atoms with Crippen molar-refractivity contribution in [2.24, 2.45) is 5.41 Å². The van der Waals surface area contributed by atoms with Gasteiger partial charge in [0, 0.05) is 23.1 Å². The Hall–Kier alpha value is -3.32. The number of amides is 4. The summed E-state index contributed by atoms with van der Waals surface area (Å²) in [6, 6.07) is 16.0. The van der Waals surface area contributed by atoms with Gasteiger partial charge in [-0.15, -0.1) is 11.6 Å². The number of hydrogen-bond donors (Lipinski definition) is 2. The molecule has 4 amide bonds. The van der Waals surface area contributed by atoms with E-state index in [1.54, 1.807) is 74.5 Å². The molecule has 0 aliphatic carbocycles. The molecule has 11 nitrogen and oxygen atoms in total. The molecule has 0 spiro atoms. The first-order chi connectivity index (χ1) is 25.6. The summed E-state index contributed by atoms with van der Waals surface area (Å²) in [5.74, 6) is -3.22. The largest absolute Gasteiger partial charge is 0.350 e. The van der Waals surface area contributed by atoms with Crippen LogP contribution in [0.1, 0.15) is 124 Å². The number of ketones is 1. The number of carbonyl (C=O) groups is 4. The number of halogens is 1. The number of urea groups is 1. The van der Waals surface area contributed by atoms with Crippen molar-refractivity contribution < 1.29 is 32.3 Å². The molecular formula is C41H61ClN4O7S. The summed E-state index contributed by atoms with van der Waals surface area (Å²) in [5, 5.41) is 1.24. The number of para-hydroxylation sites is 1. The van der Waals surface area contributed by atoms with Crippen LogP contribution in [0.25, 0.3) is 0 Å². The third-order valence-corrected chi connectivity index (χ3v) is 11.8. The van der Waals surface area contributed by atoms with Crippen LogP contribution in [0.5, 0.6) is 0 Å². The minimum absolute atomic E-state index is 0.0163. The fraction of sp³-hybridized carbons (Fsp3) is 0.610. The number of rotatable bonds is 24. The number of sulfonamides is 1. The van der Waals surface area contributed by atoms with E-state index in [1.807, 2.05) is 0 Å². The van der Waals surface area contributed by atoms with Gasteiger partial charge in [0.15, 0.2) is 5.78 Å². The summed E-state index contributed by atoms with van der Waals surface area (Å²) < 4.78 is 37.8. The maximum absolute atomic E-state index is 14.9. The monoisotopic (exact) mass is 788 g/mol. The minimum atomic E-state index is -4.61. The number of unbranched alkanes of at least 4 members (excludes halogenated alkanes) is 8. The molecule has 13 heteroatoms. The Bertz CT molecular complexity index is 1620. The van der Waals surface area contributed by atoms with Crippen molar-refractivity contribution in [1.29, 1.82) is 0 Å². The third-order valence-electron chi connectivity index (χ3n) is 9.62. The highest BCUT2D eigenvalue weighted by molar-refractivity contribution is 7.90. The average molecular weight is 789 g/mol. The van der Waals surface area contributed by atoms with Crippen LogP contribution in [0.2, 0.25) is 0 Å². The van der Waals surface area contributed by atoms with Gasteiger partial charge in [-0.2, -0.15) is 4.72 Å². The van der Waals surface area contributed by atoms with E-state index in [2.05, 4.69) is 17.0 Å². The second-order valence-electron chi connectivity index (χ2n) is 15.2. The molecule has 3 rings (SSSR count). The fourth-order valence-corrected chi connectivity index (χ4v) is 8.60. The molecule has 1 saturated heterocycles. The smallest absolute Gasteiger partial charge is 0.332 e. The second kappa shape index (κ2) is 21.1. The Morgan fingerprint density at radius 1 is 0.833 bits per heavy atom. The molecule has 2 aromatic rings. The van der Waals surface area contributed by atoms with E-state index >= 15 is 0 Å². The molecule has 0 aromatic heterocycles. The number of ether oxygens (including phenoxy) is 1. The number of Topliss-reactive ketones (excluding diaryl/α,β-unsaturated/α-hetero) is 1. The molecule has 0 saturated carbocycles. The number of carbonyl (C=O) groups excluding carboxylic acids is 4. The predicted molar refractivity (Wildman–Crippen MR) is 214 cm³/mol. The van der Waals surface area contributed by atoms with Gasteiger partial charge >= 0.3 is 6.03 Å². The highest BCUT2D eigenvalue weighted by Gasteiger charge is 2.65. The Morgan fingerprint density at radius 2 is 1.39 bits per heavy atom. The molecule has 1 fully saturated rings. The van der Waals surface area contributed by atoms with E-state index in [0.29, 0.717) is 23.3 Å². The van der Waals surface area contributed by atoms with Gasteiger partial charge in [0.2, 0.25) is 16.3 Å². The molecule has 4 atom stereocenters. The summed E-state index contributed by atoms with van der Waals surface area (Å²) in [6.45, 7) is 10.0. The lowest BCUT2D eigenvalue weighted by Gasteiger charge is -2.41. The molecule has 1 aliphatic rings. The quantitative estimate of drug-likeness (QED) is 0.0471. The van der Waals surface area contributed by atoms with Crippen molar-refractivity contribution in [2.75, 3.05) is 11.9 Å². The normalized spacial score (nSPS) is 17.4. The van der Waals surface area contributed by atoms with Crippen LogP contribution in [-0.4, -0.2) is 71.0 Å². The van der Waals surface area contributed by atoms with E-state index in [-0.39, 0.29) is 37.1 Å². The Labute approximate surface area is 328 Å². The summed E-state index contributed by atoms with van der Waals surface area (Å²) in [6.07, 6.45) is 8.53. The third kappa shape index (κ3) is 12.1. The van der Waals surface area contributed by atoms with Crippen molar-refractivity contribution in [3.05, 3.63) is 66.2 Å². The van der Waals surface area contributed by atoms with E-state index in [1.165, 1.54) is 46.5 Å². The first-order valence-electron chi connectivity index (χ1n) is 19.5. The summed E-state index contributed by atoms with van der Waals surface area (Å²) in [7, 11) is -4.61. The molecule has 0 bridgehead atoms. The summed E-state index contributed by atoms with van der Waals surface area (Å²) >= 11 is 6.33. The topological polar surface area (TPSA) is 142 Å². The standard InChI is InChI=1S/C41H61ClN4O7S/c1-7-9-10-11-12-13-14-15-22-27-34(29-28-31(3)42)54(51,52)44-41(37(48)40(4,5)6,38(49)43-33-25-20-17-21-26-33)46-35(47)36(53-8-2)45(39(46)50)30-32-23-18-16-19-24-32/h16-21,23-26,31,34,36,44H,7-15,22,27-30H2,1-6H3,(H,43,49). The Kier molecular flexibility index (Phi) is 17.6. The SMILES string of the molecule is CCCCCCCCCCCC(CCC(C)Cl)S(=O)(=O)NC(C(=O)Nc1ccccc1)(C(=O)C(C)(C)C)N1C(=O)C(OCC)N(Cc2ccccc2)C1=O. The van der Waals surface area contributed by atoms with Crippen LogP contribution in [0.4, 0.5) is 10.5 Å². The van der Waals surface area contributed by atoms with Gasteiger partial charge in [0.1, 0.15) is 0 Å². The minimum Gasteiger partial charge on any atom is -0.350 e. The van der Waals surface area contributed by atoms with Crippen LogP contribution in [-0.2, 0) is 35.7 Å². The van der Waals surface area contributed by atoms with E-state index < -0.39 is 56.2 Å². The second-order valence-corrected chi connectivity index (χ2v) is 17.9. The van der Waals surface area contributed by atoms with Crippen molar-refractivity contribution in [3.63, 3.8) is 0 Å². The molecule has 1 heterocycles. The number of nitrogens with one attached hydrogen (secondary N) is 2. The summed E-state index contributed by atoms with van der Waals surface area (Å²) in [5.41, 5.74) is -3.56. The first-order valence-corrected chi connectivity index (χ1v) is 21.5. The lowest BCUT2D eigenvalue weighted by Crippen LogP contribution is -2.75. The average Bonchev–Trinajstić information content (AvgIpc) is 3.35. The zero-order valence-corrected chi connectivity index (χ0v) is 34.5. The van der Waals surface area contributed by atoms with Crippen LogP contribution >= 0.6 is 11.6 Å². The predicted octanol–water partition coefficient (Wildman–Crippen LogP) is 8.38. The molecule has 54 heavy (non-hydrogen) atoms. The molecule has 2 aromatic carbocycles. The maximum atomic E-state index is 14.9. The molecule has 300 valence electrons. The van der Waals surface area contributed by atoms with Crippen molar-refractivity contribution in [2.45, 2.75) is 148 Å². The molecular weight excluding hydrogens is 728 g/mol. The number of benzene rings is 2. The van der Waals surface area contributed by atoms with Gasteiger partial charge in [-0.25, -0.2) is 18.1 Å². The van der Waals surface area contributed by atoms with E-state index in [9.17, 15) is 27.6 Å². The molecule has 2 N–H and O–H groups in total. The maximum Gasteiger partial charge on any atom is 0.332 e. The highest BCUT2D eigenvalue weighted by Crippen LogP contribution is 2.36. The van der Waals surface area contributed by atoms with Gasteiger partial charge in [-0.1, -0.05) is 134 Å². The van der Waals surface area contributed by atoms with Crippen LogP contribution in [0, 0.1) is 5.41 Å². The van der Waals surface area contributed by atoms with Crippen LogP contribution < -0.4 is 10.0 Å². The van der Waals surface area contributed by atoms with Crippen LogP contribution in [0.15, 0.2) is 60.7 Å². The first kappa shape index (κ1) is 45.1. The van der Waals surface area contributed by atoms with E-state index in [4.69, 9.17) is 16.3 Å². The number of imide groups is 1. The fourth-order valence-electron chi connectivity index (χ4n) is 6.70. The van der Waals surface area contributed by atoms with Gasteiger partial charge in [0.25, 0.3) is 17.5 Å². The van der Waals surface area contributed by atoms with Gasteiger partial charge in [0.05, 0.1) is 11.8 Å². The lowest BCUT2D eigenvalue weighted by atomic mass is 9.81. The van der Waals surface area contributed by atoms with Crippen molar-refractivity contribution in [1.82, 2.24) is 14.5 Å². The number of alkyl halides is 1. The number of hydrogen-bond acceptors (Lipinski definition) is 7. The van der Waals surface area contributed by atoms with Gasteiger partial charge in [-0.05, 0) is 50.8 Å². The van der Waals surface area contributed by atoms with Crippen molar-refractivity contribution in [3.8, 4) is 0 Å². The zero-order valence-electron chi connectivity index (χ0n) is 32.9. The number of anilines is 1. The zero-order chi connectivity index (χ0) is 39.9.